The van der Waals surface area contributed by atoms with Crippen LogP contribution >= 0.6 is 0 Å². The Hall–Kier alpha value is -2.45. The van der Waals surface area contributed by atoms with Crippen LogP contribution in [0.5, 0.6) is 0 Å². The molecule has 31 heavy (non-hydrogen) atoms. The highest BCUT2D eigenvalue weighted by Gasteiger charge is 2.31. The normalized spacial score (nSPS) is 18.3. The SMILES string of the molecule is O=C(NCc1ccnc(N2CCCC2)c1)C1CCN(S(=O)(=O)Cc2ccccc2)CC1. The van der Waals surface area contributed by atoms with Crippen LogP contribution in [0.1, 0.15) is 36.8 Å². The highest BCUT2D eigenvalue weighted by atomic mass is 32.2. The van der Waals surface area contributed by atoms with Crippen molar-refractivity contribution in [3.8, 4) is 0 Å². The quantitative estimate of drug-likeness (QED) is 0.713. The van der Waals surface area contributed by atoms with Crippen LogP contribution in [0.4, 0.5) is 5.82 Å². The number of piperidine rings is 1. The number of hydrogen-bond acceptors (Lipinski definition) is 5. The Labute approximate surface area is 184 Å². The van der Waals surface area contributed by atoms with Crippen LogP contribution in [-0.4, -0.2) is 49.8 Å². The van der Waals surface area contributed by atoms with E-state index in [1.165, 1.54) is 17.1 Å². The van der Waals surface area contributed by atoms with Gasteiger partial charge in [0.25, 0.3) is 0 Å². The Balaban J connectivity index is 1.26. The number of rotatable bonds is 7. The fourth-order valence-electron chi connectivity index (χ4n) is 4.30. The molecule has 0 bridgehead atoms. The number of nitrogens with zero attached hydrogens (tertiary/aromatic N) is 3. The molecule has 2 aromatic rings. The maximum Gasteiger partial charge on any atom is 0.223 e. The lowest BCUT2D eigenvalue weighted by atomic mass is 9.97. The standard InChI is InChI=1S/C23H30N4O3S/c28-23(25-17-20-8-11-24-22(16-20)26-12-4-5-13-26)21-9-14-27(15-10-21)31(29,30)18-19-6-2-1-3-7-19/h1-3,6-8,11,16,21H,4-5,9-10,12-15,17-18H2,(H,25,28). The molecule has 1 amide bonds. The summed E-state index contributed by atoms with van der Waals surface area (Å²) < 4.78 is 26.9. The van der Waals surface area contributed by atoms with Gasteiger partial charge in [-0.25, -0.2) is 17.7 Å². The smallest absolute Gasteiger partial charge is 0.223 e. The van der Waals surface area contributed by atoms with E-state index in [0.29, 0.717) is 32.5 Å². The first-order chi connectivity index (χ1) is 15.0. The Morgan fingerprint density at radius 2 is 1.71 bits per heavy atom. The Morgan fingerprint density at radius 1 is 1.00 bits per heavy atom. The van der Waals surface area contributed by atoms with E-state index in [1.54, 1.807) is 6.20 Å². The third-order valence-corrected chi connectivity index (χ3v) is 7.97. The van der Waals surface area contributed by atoms with E-state index in [2.05, 4.69) is 15.2 Å². The van der Waals surface area contributed by atoms with Gasteiger partial charge >= 0.3 is 0 Å². The molecule has 8 heteroatoms. The van der Waals surface area contributed by atoms with Gasteiger partial charge < -0.3 is 10.2 Å². The highest BCUT2D eigenvalue weighted by Crippen LogP contribution is 2.22. The van der Waals surface area contributed by atoms with Crippen LogP contribution in [0.2, 0.25) is 0 Å². The van der Waals surface area contributed by atoms with Gasteiger partial charge in [-0.3, -0.25) is 4.79 Å². The predicted molar refractivity (Wildman–Crippen MR) is 121 cm³/mol. The molecule has 2 aliphatic rings. The van der Waals surface area contributed by atoms with E-state index in [1.807, 2.05) is 42.5 Å². The van der Waals surface area contributed by atoms with E-state index < -0.39 is 10.0 Å². The van der Waals surface area contributed by atoms with Gasteiger partial charge in [0.2, 0.25) is 15.9 Å². The third kappa shape index (κ3) is 5.62. The summed E-state index contributed by atoms with van der Waals surface area (Å²) in [6.07, 6.45) is 5.29. The minimum Gasteiger partial charge on any atom is -0.357 e. The van der Waals surface area contributed by atoms with Crippen molar-refractivity contribution in [3.63, 3.8) is 0 Å². The molecule has 0 unspecified atom stereocenters. The molecule has 7 nitrogen and oxygen atoms in total. The van der Waals surface area contributed by atoms with E-state index in [9.17, 15) is 13.2 Å². The molecule has 3 heterocycles. The zero-order chi connectivity index (χ0) is 21.7. The topological polar surface area (TPSA) is 82.6 Å². The molecule has 2 aliphatic heterocycles. The number of hydrogen-bond donors (Lipinski definition) is 1. The summed E-state index contributed by atoms with van der Waals surface area (Å²) in [6.45, 7) is 3.32. The molecule has 0 aliphatic carbocycles. The van der Waals surface area contributed by atoms with Crippen molar-refractivity contribution in [3.05, 3.63) is 59.8 Å². The van der Waals surface area contributed by atoms with Crippen LogP contribution in [0, 0.1) is 5.92 Å². The molecule has 0 saturated carbocycles. The van der Waals surface area contributed by atoms with Gasteiger partial charge in [-0.1, -0.05) is 30.3 Å². The second-order valence-corrected chi connectivity index (χ2v) is 10.3. The van der Waals surface area contributed by atoms with E-state index >= 15 is 0 Å². The second-order valence-electron chi connectivity index (χ2n) is 8.35. The highest BCUT2D eigenvalue weighted by molar-refractivity contribution is 7.88. The second kappa shape index (κ2) is 9.78. The molecule has 166 valence electrons. The maximum atomic E-state index is 12.7. The minimum atomic E-state index is -3.36. The molecule has 1 aromatic carbocycles. The van der Waals surface area contributed by atoms with Gasteiger partial charge in [-0.05, 0) is 48.9 Å². The van der Waals surface area contributed by atoms with Crippen molar-refractivity contribution in [2.75, 3.05) is 31.1 Å². The predicted octanol–water partition coefficient (Wildman–Crippen LogP) is 2.54. The minimum absolute atomic E-state index is 0.000331. The van der Waals surface area contributed by atoms with E-state index in [0.717, 1.165) is 30.0 Å². The lowest BCUT2D eigenvalue weighted by Gasteiger charge is -2.30. The Bertz CT molecular complexity index is 983. The molecule has 0 spiro atoms. The first-order valence-electron chi connectivity index (χ1n) is 11.0. The number of amides is 1. The number of benzene rings is 1. The van der Waals surface area contributed by atoms with Gasteiger partial charge in [0.15, 0.2) is 0 Å². The van der Waals surface area contributed by atoms with Crippen LogP contribution in [-0.2, 0) is 27.1 Å². The summed E-state index contributed by atoms with van der Waals surface area (Å²) >= 11 is 0. The summed E-state index contributed by atoms with van der Waals surface area (Å²) in [6, 6.07) is 13.2. The van der Waals surface area contributed by atoms with Crippen molar-refractivity contribution in [1.82, 2.24) is 14.6 Å². The van der Waals surface area contributed by atoms with E-state index in [-0.39, 0.29) is 17.6 Å². The molecule has 0 radical (unpaired) electrons. The summed E-state index contributed by atoms with van der Waals surface area (Å²) in [5, 5.41) is 3.03. The molecule has 2 saturated heterocycles. The van der Waals surface area contributed by atoms with Crippen molar-refractivity contribution in [2.24, 2.45) is 5.92 Å². The van der Waals surface area contributed by atoms with E-state index in [4.69, 9.17) is 0 Å². The number of pyridine rings is 1. The summed E-state index contributed by atoms with van der Waals surface area (Å²) in [5.74, 6) is 0.829. The van der Waals surface area contributed by atoms with Gasteiger partial charge in [-0.2, -0.15) is 0 Å². The van der Waals surface area contributed by atoms with Crippen molar-refractivity contribution >= 4 is 21.7 Å². The third-order valence-electron chi connectivity index (χ3n) is 6.12. The number of carbonyl (C=O) groups is 1. The molecule has 0 atom stereocenters. The van der Waals surface area contributed by atoms with Crippen molar-refractivity contribution in [2.45, 2.75) is 38.0 Å². The van der Waals surface area contributed by atoms with Gasteiger partial charge in [0, 0.05) is 44.8 Å². The number of nitrogens with one attached hydrogen (secondary N) is 1. The number of anilines is 1. The van der Waals surface area contributed by atoms with Crippen LogP contribution in [0.3, 0.4) is 0 Å². The largest absolute Gasteiger partial charge is 0.357 e. The maximum absolute atomic E-state index is 12.7. The summed E-state index contributed by atoms with van der Waals surface area (Å²) in [4.78, 5) is 19.4. The van der Waals surface area contributed by atoms with Gasteiger partial charge in [0.05, 0.1) is 5.75 Å². The lowest BCUT2D eigenvalue weighted by Crippen LogP contribution is -2.43. The summed E-state index contributed by atoms with van der Waals surface area (Å²) in [5.41, 5.74) is 1.82. The molecule has 4 rings (SSSR count). The Morgan fingerprint density at radius 3 is 2.42 bits per heavy atom. The fraction of sp³-hybridized carbons (Fsp3) is 0.478. The molecule has 2 fully saturated rings. The lowest BCUT2D eigenvalue weighted by molar-refractivity contribution is -0.126. The fourth-order valence-corrected chi connectivity index (χ4v) is 5.86. The molecule has 1 N–H and O–H groups in total. The molecular formula is C23H30N4O3S. The number of carbonyl (C=O) groups excluding carboxylic acids is 1. The van der Waals surface area contributed by atoms with Crippen molar-refractivity contribution in [1.29, 1.82) is 0 Å². The zero-order valence-electron chi connectivity index (χ0n) is 17.7. The number of sulfonamides is 1. The zero-order valence-corrected chi connectivity index (χ0v) is 18.6. The molecule has 1 aromatic heterocycles. The average Bonchev–Trinajstić information content (AvgIpc) is 3.33. The van der Waals surface area contributed by atoms with Gasteiger partial charge in [-0.15, -0.1) is 0 Å². The first kappa shape index (κ1) is 21.8. The summed E-state index contributed by atoms with van der Waals surface area (Å²) in [7, 11) is -3.36. The monoisotopic (exact) mass is 442 g/mol. The van der Waals surface area contributed by atoms with Crippen LogP contribution in [0.15, 0.2) is 48.7 Å². The van der Waals surface area contributed by atoms with Crippen LogP contribution < -0.4 is 10.2 Å². The molecular weight excluding hydrogens is 412 g/mol. The first-order valence-corrected chi connectivity index (χ1v) is 12.6. The number of aromatic nitrogens is 1. The Kier molecular flexibility index (Phi) is 6.87. The van der Waals surface area contributed by atoms with Crippen molar-refractivity contribution < 1.29 is 13.2 Å². The van der Waals surface area contributed by atoms with Gasteiger partial charge in [0.1, 0.15) is 5.82 Å². The van der Waals surface area contributed by atoms with Crippen LogP contribution in [0.25, 0.3) is 0 Å². The average molecular weight is 443 g/mol.